The lowest BCUT2D eigenvalue weighted by Crippen LogP contribution is -2.38. The molecule has 2 heterocycles. The van der Waals surface area contributed by atoms with Gasteiger partial charge in [-0.15, -0.1) is 0 Å². The first kappa shape index (κ1) is 20.1. The molecular weight excluding hydrogens is 408 g/mol. The molecule has 0 saturated carbocycles. The van der Waals surface area contributed by atoms with Crippen LogP contribution in [0.5, 0.6) is 11.5 Å². The van der Waals surface area contributed by atoms with Crippen molar-refractivity contribution in [2.24, 2.45) is 4.99 Å². The monoisotopic (exact) mass is 432 g/mol. The summed E-state index contributed by atoms with van der Waals surface area (Å²) in [6.07, 6.45) is 0.955. The van der Waals surface area contributed by atoms with Gasteiger partial charge in [-0.1, -0.05) is 47.5 Å². The van der Waals surface area contributed by atoms with Crippen LogP contribution in [0.15, 0.2) is 59.6 Å². The highest BCUT2D eigenvalue weighted by molar-refractivity contribution is 6.30. The SMILES string of the molecule is COc1cc2c(cc1OC)C1c3ccc(Cl)cc3N=C(c3ccc(C)cc3)CN1CC2. The lowest BCUT2D eigenvalue weighted by atomic mass is 9.87. The summed E-state index contributed by atoms with van der Waals surface area (Å²) >= 11 is 6.39. The molecule has 1 unspecified atom stereocenters. The lowest BCUT2D eigenvalue weighted by molar-refractivity contribution is 0.245. The molecule has 0 saturated heterocycles. The summed E-state index contributed by atoms with van der Waals surface area (Å²) in [6, 6.07) is 19.0. The highest BCUT2D eigenvalue weighted by atomic mass is 35.5. The van der Waals surface area contributed by atoms with E-state index in [4.69, 9.17) is 26.1 Å². The third-order valence-corrected chi connectivity index (χ3v) is 6.49. The van der Waals surface area contributed by atoms with Crippen molar-refractivity contribution in [1.82, 2.24) is 4.90 Å². The molecule has 4 nitrogen and oxygen atoms in total. The number of aliphatic imine (C=N–C) groups is 1. The van der Waals surface area contributed by atoms with E-state index >= 15 is 0 Å². The fourth-order valence-corrected chi connectivity index (χ4v) is 4.82. The van der Waals surface area contributed by atoms with E-state index < -0.39 is 0 Å². The van der Waals surface area contributed by atoms with Gasteiger partial charge in [-0.3, -0.25) is 9.89 Å². The molecule has 31 heavy (non-hydrogen) atoms. The Hall–Kier alpha value is -2.82. The smallest absolute Gasteiger partial charge is 0.161 e. The average molecular weight is 433 g/mol. The maximum absolute atomic E-state index is 6.39. The van der Waals surface area contributed by atoms with E-state index in [2.05, 4.69) is 54.3 Å². The molecule has 0 aromatic heterocycles. The zero-order valence-corrected chi connectivity index (χ0v) is 18.7. The highest BCUT2D eigenvalue weighted by Gasteiger charge is 2.34. The van der Waals surface area contributed by atoms with Crippen LogP contribution in [0.3, 0.4) is 0 Å². The summed E-state index contributed by atoms with van der Waals surface area (Å²) in [4.78, 5) is 7.61. The lowest BCUT2D eigenvalue weighted by Gasteiger charge is -2.37. The minimum absolute atomic E-state index is 0.0857. The Balaban J connectivity index is 1.67. The van der Waals surface area contributed by atoms with Gasteiger partial charge in [0.15, 0.2) is 11.5 Å². The molecule has 0 radical (unpaired) electrons. The summed E-state index contributed by atoms with van der Waals surface area (Å²) in [6.45, 7) is 3.82. The number of nitrogens with zero attached hydrogens (tertiary/aromatic N) is 2. The molecular formula is C26H25ClN2O2. The van der Waals surface area contributed by atoms with Crippen molar-refractivity contribution in [1.29, 1.82) is 0 Å². The second-order valence-corrected chi connectivity index (χ2v) is 8.59. The Bertz CT molecular complexity index is 1170. The predicted molar refractivity (Wildman–Crippen MR) is 125 cm³/mol. The van der Waals surface area contributed by atoms with Crippen LogP contribution >= 0.6 is 11.6 Å². The first-order valence-corrected chi connectivity index (χ1v) is 10.9. The van der Waals surface area contributed by atoms with Crippen LogP contribution in [0.2, 0.25) is 5.02 Å². The number of hydrogen-bond donors (Lipinski definition) is 0. The molecule has 3 aromatic rings. The first-order chi connectivity index (χ1) is 15.1. The van der Waals surface area contributed by atoms with Crippen molar-refractivity contribution >= 4 is 23.0 Å². The van der Waals surface area contributed by atoms with Gasteiger partial charge in [0.1, 0.15) is 0 Å². The second-order valence-electron chi connectivity index (χ2n) is 8.16. The van der Waals surface area contributed by atoms with Crippen molar-refractivity contribution in [3.63, 3.8) is 0 Å². The molecule has 2 aliphatic rings. The van der Waals surface area contributed by atoms with Gasteiger partial charge >= 0.3 is 0 Å². The number of aryl methyl sites for hydroxylation is 1. The Morgan fingerprint density at radius 1 is 0.935 bits per heavy atom. The second kappa shape index (κ2) is 8.03. The van der Waals surface area contributed by atoms with Crippen LogP contribution < -0.4 is 9.47 Å². The summed E-state index contributed by atoms with van der Waals surface area (Å²) < 4.78 is 11.2. The number of rotatable bonds is 3. The summed E-state index contributed by atoms with van der Waals surface area (Å²) in [5, 5.41) is 0.697. The van der Waals surface area contributed by atoms with Crippen molar-refractivity contribution in [2.75, 3.05) is 27.3 Å². The molecule has 0 spiro atoms. The standard InChI is InChI=1S/C26H25ClN2O2/c1-16-4-6-17(7-5-16)23-15-29-11-10-18-12-24(30-2)25(31-3)14-21(18)26(29)20-9-8-19(27)13-22(20)28-23/h4-9,12-14,26H,10-11,15H2,1-3H3. The van der Waals surface area contributed by atoms with Crippen LogP contribution in [0.25, 0.3) is 0 Å². The number of methoxy groups -OCH3 is 2. The van der Waals surface area contributed by atoms with Gasteiger partial charge < -0.3 is 9.47 Å². The maximum Gasteiger partial charge on any atom is 0.161 e. The summed E-state index contributed by atoms with van der Waals surface area (Å²) in [5.41, 5.74) is 8.08. The van der Waals surface area contributed by atoms with Gasteiger partial charge in [0, 0.05) is 18.1 Å². The number of halogens is 1. The fraction of sp³-hybridized carbons (Fsp3) is 0.269. The van der Waals surface area contributed by atoms with E-state index in [1.54, 1.807) is 14.2 Å². The zero-order valence-electron chi connectivity index (χ0n) is 18.0. The number of hydrogen-bond acceptors (Lipinski definition) is 4. The zero-order chi connectivity index (χ0) is 21.5. The van der Waals surface area contributed by atoms with E-state index in [9.17, 15) is 0 Å². The van der Waals surface area contributed by atoms with Gasteiger partial charge in [-0.05, 0) is 59.9 Å². The molecule has 1 atom stereocenters. The van der Waals surface area contributed by atoms with Gasteiger partial charge in [-0.25, -0.2) is 0 Å². The van der Waals surface area contributed by atoms with E-state index in [1.807, 2.05) is 12.1 Å². The Morgan fingerprint density at radius 2 is 1.68 bits per heavy atom. The summed E-state index contributed by atoms with van der Waals surface area (Å²) in [7, 11) is 3.37. The van der Waals surface area contributed by atoms with E-state index in [0.29, 0.717) is 5.02 Å². The largest absolute Gasteiger partial charge is 0.493 e. The van der Waals surface area contributed by atoms with Crippen LogP contribution in [-0.2, 0) is 6.42 Å². The van der Waals surface area contributed by atoms with Crippen LogP contribution in [0.4, 0.5) is 5.69 Å². The fourth-order valence-electron chi connectivity index (χ4n) is 4.65. The molecule has 2 aliphatic heterocycles. The van der Waals surface area contributed by atoms with Gasteiger partial charge in [-0.2, -0.15) is 0 Å². The average Bonchev–Trinajstić information content (AvgIpc) is 2.95. The van der Waals surface area contributed by atoms with Crippen LogP contribution in [0.1, 0.15) is 33.9 Å². The highest BCUT2D eigenvalue weighted by Crippen LogP contribution is 2.45. The molecule has 3 aromatic carbocycles. The molecule has 5 heteroatoms. The Morgan fingerprint density at radius 3 is 2.42 bits per heavy atom. The third kappa shape index (κ3) is 3.60. The van der Waals surface area contributed by atoms with E-state index in [-0.39, 0.29) is 6.04 Å². The van der Waals surface area contributed by atoms with Crippen molar-refractivity contribution in [3.05, 3.63) is 87.4 Å². The molecule has 0 bridgehead atoms. The Labute approximate surface area is 188 Å². The molecule has 5 rings (SSSR count). The van der Waals surface area contributed by atoms with Crippen LogP contribution in [-0.4, -0.2) is 37.9 Å². The van der Waals surface area contributed by atoms with Gasteiger partial charge in [0.05, 0.1) is 31.7 Å². The van der Waals surface area contributed by atoms with E-state index in [1.165, 1.54) is 22.3 Å². The normalized spacial score (nSPS) is 17.7. The Kier molecular flexibility index (Phi) is 5.20. The summed E-state index contributed by atoms with van der Waals surface area (Å²) in [5.74, 6) is 1.53. The van der Waals surface area contributed by atoms with Crippen molar-refractivity contribution in [2.45, 2.75) is 19.4 Å². The van der Waals surface area contributed by atoms with Gasteiger partial charge in [0.2, 0.25) is 0 Å². The van der Waals surface area contributed by atoms with Crippen LogP contribution in [0, 0.1) is 6.92 Å². The van der Waals surface area contributed by atoms with E-state index in [0.717, 1.165) is 48.0 Å². The molecule has 0 N–H and O–H groups in total. The molecule has 0 amide bonds. The minimum atomic E-state index is 0.0857. The number of ether oxygens (including phenoxy) is 2. The quantitative estimate of drug-likeness (QED) is 0.528. The topological polar surface area (TPSA) is 34.1 Å². The third-order valence-electron chi connectivity index (χ3n) is 6.25. The predicted octanol–water partition coefficient (Wildman–Crippen LogP) is 5.75. The number of fused-ring (bicyclic) bond motifs is 5. The minimum Gasteiger partial charge on any atom is -0.493 e. The molecule has 0 fully saturated rings. The van der Waals surface area contributed by atoms with Crippen molar-refractivity contribution < 1.29 is 9.47 Å². The van der Waals surface area contributed by atoms with Crippen molar-refractivity contribution in [3.8, 4) is 11.5 Å². The molecule has 0 aliphatic carbocycles. The molecule has 158 valence electrons. The maximum atomic E-state index is 6.39. The van der Waals surface area contributed by atoms with Gasteiger partial charge in [0.25, 0.3) is 0 Å². The number of benzene rings is 3. The first-order valence-electron chi connectivity index (χ1n) is 10.5.